The van der Waals surface area contributed by atoms with Gasteiger partial charge in [0.15, 0.2) is 0 Å². The fraction of sp³-hybridized carbons (Fsp3) is 0.133. The van der Waals surface area contributed by atoms with Gasteiger partial charge in [-0.2, -0.15) is 0 Å². The minimum atomic E-state index is -0.585. The van der Waals surface area contributed by atoms with E-state index in [9.17, 15) is 28.8 Å². The molecule has 0 aliphatic carbocycles. The van der Waals surface area contributed by atoms with Gasteiger partial charge in [0.2, 0.25) is 5.91 Å². The molecule has 2 aliphatic heterocycles. The van der Waals surface area contributed by atoms with Crippen molar-refractivity contribution in [3.05, 3.63) is 93.9 Å². The van der Waals surface area contributed by atoms with E-state index >= 15 is 0 Å². The van der Waals surface area contributed by atoms with Crippen molar-refractivity contribution >= 4 is 64.0 Å². The lowest BCUT2D eigenvalue weighted by Gasteiger charge is -2.14. The van der Waals surface area contributed by atoms with Crippen LogP contribution in [0.1, 0.15) is 43.6 Å². The Labute approximate surface area is 244 Å². The molecule has 1 fully saturated rings. The Balaban J connectivity index is 1.21. The first kappa shape index (κ1) is 28.3. The molecule has 212 valence electrons. The molecular formula is C30H24N4O7S. The summed E-state index contributed by atoms with van der Waals surface area (Å²) in [5, 5.41) is 4.83. The molecular weight excluding hydrogens is 560 g/mol. The second-order valence-corrected chi connectivity index (χ2v) is 10.3. The zero-order valence-corrected chi connectivity index (χ0v) is 23.3. The lowest BCUT2D eigenvalue weighted by atomic mass is 10.1. The van der Waals surface area contributed by atoms with Gasteiger partial charge in [0.1, 0.15) is 5.75 Å². The molecule has 2 N–H and O–H groups in total. The van der Waals surface area contributed by atoms with Crippen molar-refractivity contribution in [2.75, 3.05) is 30.4 Å². The van der Waals surface area contributed by atoms with Crippen molar-refractivity contribution in [3.8, 4) is 5.75 Å². The number of methoxy groups -OCH3 is 1. The predicted molar refractivity (Wildman–Crippen MR) is 156 cm³/mol. The van der Waals surface area contributed by atoms with Crippen LogP contribution < -0.4 is 20.3 Å². The maximum Gasteiger partial charge on any atom is 0.293 e. The molecule has 6 amide bonds. The van der Waals surface area contributed by atoms with Gasteiger partial charge in [-0.05, 0) is 78.0 Å². The van der Waals surface area contributed by atoms with Crippen molar-refractivity contribution < 1.29 is 33.5 Å². The van der Waals surface area contributed by atoms with Crippen LogP contribution in [0.3, 0.4) is 0 Å². The monoisotopic (exact) mass is 584 g/mol. The Hall–Kier alpha value is -5.23. The third-order valence-electron chi connectivity index (χ3n) is 6.50. The van der Waals surface area contributed by atoms with Gasteiger partial charge >= 0.3 is 0 Å². The summed E-state index contributed by atoms with van der Waals surface area (Å²) in [6.45, 7) is 1.32. The lowest BCUT2D eigenvalue weighted by molar-refractivity contribution is -0.122. The van der Waals surface area contributed by atoms with Crippen LogP contribution in [-0.2, 0) is 9.59 Å². The number of hydrogen-bond donors (Lipinski definition) is 2. The molecule has 2 aliphatic rings. The Morgan fingerprint density at radius 2 is 1.57 bits per heavy atom. The number of hydrogen-bond acceptors (Lipinski definition) is 8. The predicted octanol–water partition coefficient (Wildman–Crippen LogP) is 3.92. The third-order valence-corrected chi connectivity index (χ3v) is 7.41. The molecule has 3 aromatic rings. The van der Waals surface area contributed by atoms with Gasteiger partial charge < -0.3 is 15.4 Å². The van der Waals surface area contributed by atoms with Crippen LogP contribution in [-0.4, -0.2) is 59.9 Å². The molecule has 0 spiro atoms. The number of anilines is 2. The fourth-order valence-corrected chi connectivity index (χ4v) is 5.31. The van der Waals surface area contributed by atoms with E-state index in [0.717, 1.165) is 27.1 Å². The highest BCUT2D eigenvalue weighted by Gasteiger charge is 2.37. The number of carbonyl (C=O) groups is 6. The first-order chi connectivity index (χ1) is 20.2. The summed E-state index contributed by atoms with van der Waals surface area (Å²) in [5.41, 5.74) is 1.95. The summed E-state index contributed by atoms with van der Waals surface area (Å²) in [7, 11) is 1.55. The molecule has 0 aromatic heterocycles. The van der Waals surface area contributed by atoms with Gasteiger partial charge in [-0.1, -0.05) is 12.1 Å². The van der Waals surface area contributed by atoms with Crippen LogP contribution in [0.15, 0.2) is 71.6 Å². The molecule has 1 saturated heterocycles. The molecule has 0 saturated carbocycles. The highest BCUT2D eigenvalue weighted by molar-refractivity contribution is 8.18. The SMILES string of the molecule is COc1ccc(/C=C2/SC(=O)N(CCNC(=O)c3ccc4c(c3)C(=O)N(c3ccc(NC(C)=O)cc3)C4=O)C2=O)cc1. The van der Waals surface area contributed by atoms with E-state index in [-0.39, 0.29) is 40.6 Å². The summed E-state index contributed by atoms with van der Waals surface area (Å²) in [5.74, 6) is -1.69. The molecule has 5 rings (SSSR count). The number of nitrogens with zero attached hydrogens (tertiary/aromatic N) is 2. The largest absolute Gasteiger partial charge is 0.497 e. The number of fused-ring (bicyclic) bond motifs is 1. The molecule has 12 heteroatoms. The van der Waals surface area contributed by atoms with Gasteiger partial charge in [-0.3, -0.25) is 33.7 Å². The number of thioether (sulfide) groups is 1. The molecule has 2 heterocycles. The normalized spacial score (nSPS) is 15.3. The number of amides is 6. The summed E-state index contributed by atoms with van der Waals surface area (Å²) in [6, 6.07) is 17.4. The van der Waals surface area contributed by atoms with Gasteiger partial charge in [0.05, 0.1) is 28.8 Å². The van der Waals surface area contributed by atoms with Crippen LogP contribution >= 0.6 is 11.8 Å². The molecule has 0 bridgehead atoms. The van der Waals surface area contributed by atoms with Crippen molar-refractivity contribution in [3.63, 3.8) is 0 Å². The van der Waals surface area contributed by atoms with Crippen molar-refractivity contribution in [1.82, 2.24) is 10.2 Å². The lowest BCUT2D eigenvalue weighted by Crippen LogP contribution is -2.37. The average molecular weight is 585 g/mol. The minimum absolute atomic E-state index is 0.0105. The highest BCUT2D eigenvalue weighted by Crippen LogP contribution is 2.32. The number of ether oxygens (including phenoxy) is 1. The van der Waals surface area contributed by atoms with E-state index in [2.05, 4.69) is 10.6 Å². The van der Waals surface area contributed by atoms with Crippen LogP contribution in [0.2, 0.25) is 0 Å². The van der Waals surface area contributed by atoms with E-state index in [1.807, 2.05) is 0 Å². The molecule has 42 heavy (non-hydrogen) atoms. The first-order valence-electron chi connectivity index (χ1n) is 12.7. The summed E-state index contributed by atoms with van der Waals surface area (Å²) in [6.07, 6.45) is 1.62. The van der Waals surface area contributed by atoms with Crippen molar-refractivity contribution in [2.24, 2.45) is 0 Å². The van der Waals surface area contributed by atoms with E-state index in [4.69, 9.17) is 4.74 Å². The van der Waals surface area contributed by atoms with Crippen LogP contribution in [0.25, 0.3) is 6.08 Å². The highest BCUT2D eigenvalue weighted by atomic mass is 32.2. The second kappa shape index (κ2) is 11.7. The maximum atomic E-state index is 13.1. The summed E-state index contributed by atoms with van der Waals surface area (Å²) in [4.78, 5) is 77.7. The second-order valence-electron chi connectivity index (χ2n) is 9.30. The number of benzene rings is 3. The molecule has 0 unspecified atom stereocenters. The number of imide groups is 2. The molecule has 0 radical (unpaired) electrons. The summed E-state index contributed by atoms with van der Waals surface area (Å²) >= 11 is 0.819. The Morgan fingerprint density at radius 3 is 2.24 bits per heavy atom. The standard InChI is InChI=1S/C30H24N4O7S/c1-17(35)32-20-6-8-21(9-7-20)34-27(37)23-12-5-19(16-24(23)28(34)38)26(36)31-13-14-33-29(39)25(42-30(33)40)15-18-3-10-22(41-2)11-4-18/h3-12,15-16H,13-14H2,1-2H3,(H,31,36)(H,32,35)/b25-15+. The zero-order valence-electron chi connectivity index (χ0n) is 22.5. The van der Waals surface area contributed by atoms with Crippen molar-refractivity contribution in [2.45, 2.75) is 6.92 Å². The third kappa shape index (κ3) is 5.65. The Morgan fingerprint density at radius 1 is 0.881 bits per heavy atom. The fourth-order valence-electron chi connectivity index (χ4n) is 4.44. The van der Waals surface area contributed by atoms with Crippen molar-refractivity contribution in [1.29, 1.82) is 0 Å². The smallest absolute Gasteiger partial charge is 0.293 e. The van der Waals surface area contributed by atoms with E-state index in [1.54, 1.807) is 49.6 Å². The van der Waals surface area contributed by atoms with Crippen LogP contribution in [0, 0.1) is 0 Å². The molecule has 0 atom stereocenters. The van der Waals surface area contributed by atoms with Gasteiger partial charge in [0, 0.05) is 31.3 Å². The summed E-state index contributed by atoms with van der Waals surface area (Å²) < 4.78 is 5.12. The number of nitrogens with one attached hydrogen (secondary N) is 2. The minimum Gasteiger partial charge on any atom is -0.497 e. The van der Waals surface area contributed by atoms with E-state index in [0.29, 0.717) is 17.1 Å². The number of rotatable bonds is 8. The Kier molecular flexibility index (Phi) is 7.89. The number of carbonyl (C=O) groups excluding carboxylic acids is 6. The quantitative estimate of drug-likeness (QED) is 0.300. The van der Waals surface area contributed by atoms with Gasteiger partial charge in [-0.15, -0.1) is 0 Å². The van der Waals surface area contributed by atoms with Gasteiger partial charge in [-0.25, -0.2) is 4.90 Å². The van der Waals surface area contributed by atoms with Crippen LogP contribution in [0.4, 0.5) is 16.2 Å². The zero-order chi connectivity index (χ0) is 30.0. The molecule has 3 aromatic carbocycles. The average Bonchev–Trinajstić information content (AvgIpc) is 3.39. The molecule has 11 nitrogen and oxygen atoms in total. The Bertz CT molecular complexity index is 1670. The van der Waals surface area contributed by atoms with Gasteiger partial charge in [0.25, 0.3) is 28.9 Å². The topological polar surface area (TPSA) is 142 Å². The first-order valence-corrected chi connectivity index (χ1v) is 13.6. The van der Waals surface area contributed by atoms with Crippen LogP contribution in [0.5, 0.6) is 5.75 Å². The van der Waals surface area contributed by atoms with E-state index in [1.165, 1.54) is 37.3 Å². The van der Waals surface area contributed by atoms with E-state index < -0.39 is 28.9 Å². The maximum absolute atomic E-state index is 13.1.